The molecular weight excluding hydrogens is 528 g/mol. The van der Waals surface area contributed by atoms with Gasteiger partial charge in [-0.1, -0.05) is 0 Å². The number of ketones is 1. The van der Waals surface area contributed by atoms with Gasteiger partial charge in [-0.05, 0) is 91.3 Å². The first-order valence-electron chi connectivity index (χ1n) is 14.3. The standard InChI is InChI=1S/C33H32N6O3/c1-22(40)39-28-7-8-29(39)18-24(17-28)21-38-31(19-30(41)25-5-3-23(20-34)4-6-25)37(2)33(32(38)42,26-9-13-35-14-10-26)27-11-15-36-16-12-27/h3-6,9-16,19,24,28-29H,7-8,17-18,21H2,1-2H3. The van der Waals surface area contributed by atoms with Gasteiger partial charge < -0.3 is 9.80 Å². The fraction of sp³-hybridized carbons (Fsp3) is 0.333. The third-order valence-corrected chi connectivity index (χ3v) is 9.07. The number of piperidine rings is 1. The van der Waals surface area contributed by atoms with Gasteiger partial charge >= 0.3 is 0 Å². The third kappa shape index (κ3) is 4.44. The molecule has 3 saturated heterocycles. The summed E-state index contributed by atoms with van der Waals surface area (Å²) in [6.45, 7) is 2.07. The second-order valence-electron chi connectivity index (χ2n) is 11.4. The smallest absolute Gasteiger partial charge is 0.263 e. The molecule has 0 saturated carbocycles. The molecule has 3 fully saturated rings. The lowest BCUT2D eigenvalue weighted by Gasteiger charge is -2.39. The normalized spacial score (nSPS) is 23.7. The largest absolute Gasteiger partial charge is 0.339 e. The number of hydrogen-bond acceptors (Lipinski definition) is 7. The second-order valence-corrected chi connectivity index (χ2v) is 11.4. The van der Waals surface area contributed by atoms with Gasteiger partial charge in [0, 0.05) is 69.0 Å². The maximum atomic E-state index is 14.9. The molecule has 3 aliphatic heterocycles. The van der Waals surface area contributed by atoms with Crippen LogP contribution in [0, 0.1) is 17.2 Å². The van der Waals surface area contributed by atoms with Gasteiger partial charge in [0.05, 0.1) is 11.6 Å². The van der Waals surface area contributed by atoms with Crippen LogP contribution in [0.5, 0.6) is 0 Å². The van der Waals surface area contributed by atoms with E-state index in [0.29, 0.717) is 23.5 Å². The number of allylic oxidation sites excluding steroid dienone is 1. The molecular formula is C33H32N6O3. The Morgan fingerprint density at radius 1 is 0.952 bits per heavy atom. The van der Waals surface area contributed by atoms with Crippen molar-refractivity contribution in [3.63, 3.8) is 0 Å². The van der Waals surface area contributed by atoms with Gasteiger partial charge in [-0.25, -0.2) is 0 Å². The van der Waals surface area contributed by atoms with E-state index in [1.165, 1.54) is 6.08 Å². The van der Waals surface area contributed by atoms with Gasteiger partial charge in [-0.15, -0.1) is 0 Å². The number of pyridine rings is 2. The van der Waals surface area contributed by atoms with Crippen molar-refractivity contribution in [1.82, 2.24) is 24.7 Å². The molecule has 5 heterocycles. The van der Waals surface area contributed by atoms with Crippen molar-refractivity contribution in [3.05, 3.63) is 107 Å². The number of carbonyl (C=O) groups is 3. The molecule has 2 atom stereocenters. The number of likely N-dealkylation sites (N-methyl/N-ethyl adjacent to an activating group) is 1. The van der Waals surface area contributed by atoms with E-state index >= 15 is 0 Å². The molecule has 2 unspecified atom stereocenters. The van der Waals surface area contributed by atoms with Crippen LogP contribution in [-0.4, -0.2) is 67.9 Å². The highest BCUT2D eigenvalue weighted by Crippen LogP contribution is 2.47. The van der Waals surface area contributed by atoms with E-state index in [4.69, 9.17) is 0 Å². The van der Waals surface area contributed by atoms with Gasteiger partial charge in [-0.2, -0.15) is 5.26 Å². The predicted molar refractivity (Wildman–Crippen MR) is 154 cm³/mol. The summed E-state index contributed by atoms with van der Waals surface area (Å²) < 4.78 is 0. The molecule has 212 valence electrons. The number of rotatable bonds is 6. The number of aromatic nitrogens is 2. The molecule has 42 heavy (non-hydrogen) atoms. The van der Waals surface area contributed by atoms with Crippen LogP contribution in [0.2, 0.25) is 0 Å². The number of fused-ring (bicyclic) bond motifs is 2. The molecule has 0 spiro atoms. The van der Waals surface area contributed by atoms with Crippen LogP contribution in [0.4, 0.5) is 0 Å². The van der Waals surface area contributed by atoms with Crippen molar-refractivity contribution < 1.29 is 14.4 Å². The summed E-state index contributed by atoms with van der Waals surface area (Å²) in [6, 6.07) is 16.3. The number of hydrogen-bond donors (Lipinski definition) is 0. The predicted octanol–water partition coefficient (Wildman–Crippen LogP) is 3.88. The Bertz CT molecular complexity index is 1530. The summed E-state index contributed by atoms with van der Waals surface area (Å²) in [5, 5.41) is 9.19. The Morgan fingerprint density at radius 2 is 1.50 bits per heavy atom. The van der Waals surface area contributed by atoms with Gasteiger partial charge in [0.2, 0.25) is 5.91 Å². The number of carbonyl (C=O) groups excluding carboxylic acids is 3. The van der Waals surface area contributed by atoms with E-state index in [2.05, 4.69) is 16.0 Å². The molecule has 2 amide bonds. The average Bonchev–Trinajstić information content (AvgIpc) is 3.41. The van der Waals surface area contributed by atoms with Crippen molar-refractivity contribution in [2.24, 2.45) is 5.92 Å². The van der Waals surface area contributed by atoms with Crippen LogP contribution in [0.1, 0.15) is 59.7 Å². The highest BCUT2D eigenvalue weighted by Gasteiger charge is 2.57. The first kappa shape index (κ1) is 27.3. The number of nitrogens with zero attached hydrogens (tertiary/aromatic N) is 6. The second kappa shape index (κ2) is 10.9. The Kier molecular flexibility index (Phi) is 7.07. The number of amides is 2. The summed E-state index contributed by atoms with van der Waals surface area (Å²) in [7, 11) is 1.85. The minimum atomic E-state index is -1.23. The highest BCUT2D eigenvalue weighted by molar-refractivity contribution is 6.06. The summed E-state index contributed by atoms with van der Waals surface area (Å²) in [5.74, 6) is 0.383. The summed E-state index contributed by atoms with van der Waals surface area (Å²) in [4.78, 5) is 54.9. The number of nitriles is 1. The molecule has 2 bridgehead atoms. The highest BCUT2D eigenvalue weighted by atomic mass is 16.2. The quantitative estimate of drug-likeness (QED) is 0.332. The molecule has 0 radical (unpaired) electrons. The molecule has 1 aromatic carbocycles. The lowest BCUT2D eigenvalue weighted by molar-refractivity contribution is -0.136. The Morgan fingerprint density at radius 3 is 2.00 bits per heavy atom. The molecule has 0 N–H and O–H groups in total. The Labute approximate surface area is 245 Å². The van der Waals surface area contributed by atoms with Gasteiger partial charge in [0.15, 0.2) is 11.3 Å². The molecule has 3 aromatic rings. The SMILES string of the molecule is CC(=O)N1C2CCC1CC(CN1C(=O)C(c3ccncc3)(c3ccncc3)N(C)C1=CC(=O)c1ccc(C#N)cc1)C2. The van der Waals surface area contributed by atoms with Crippen molar-refractivity contribution in [1.29, 1.82) is 5.26 Å². The van der Waals surface area contributed by atoms with Gasteiger partial charge in [0.1, 0.15) is 5.82 Å². The lowest BCUT2D eigenvalue weighted by Crippen LogP contribution is -2.49. The lowest BCUT2D eigenvalue weighted by atomic mass is 9.82. The molecule has 9 heteroatoms. The summed E-state index contributed by atoms with van der Waals surface area (Å²) in [6.07, 6.45) is 11.8. The van der Waals surface area contributed by atoms with Crippen molar-refractivity contribution in [3.8, 4) is 6.07 Å². The molecule has 6 rings (SSSR count). The third-order valence-electron chi connectivity index (χ3n) is 9.07. The van der Waals surface area contributed by atoms with Gasteiger partial charge in [0.25, 0.3) is 5.91 Å². The minimum absolute atomic E-state index is 0.112. The van der Waals surface area contributed by atoms with Crippen molar-refractivity contribution in [2.75, 3.05) is 13.6 Å². The van der Waals surface area contributed by atoms with Gasteiger partial charge in [-0.3, -0.25) is 29.3 Å². The van der Waals surface area contributed by atoms with E-state index in [9.17, 15) is 19.6 Å². The Hall–Kier alpha value is -4.84. The first-order chi connectivity index (χ1) is 20.3. The average molecular weight is 561 g/mol. The van der Waals surface area contributed by atoms with Crippen LogP contribution < -0.4 is 0 Å². The zero-order valence-electron chi connectivity index (χ0n) is 23.7. The molecule has 9 nitrogen and oxygen atoms in total. The van der Waals surface area contributed by atoms with E-state index in [1.807, 2.05) is 41.1 Å². The van der Waals surface area contributed by atoms with E-state index < -0.39 is 5.54 Å². The van der Waals surface area contributed by atoms with Crippen molar-refractivity contribution in [2.45, 2.75) is 50.2 Å². The molecule has 0 aliphatic carbocycles. The minimum Gasteiger partial charge on any atom is -0.339 e. The van der Waals surface area contributed by atoms with Crippen LogP contribution in [0.15, 0.2) is 85.2 Å². The van der Waals surface area contributed by atoms with E-state index in [0.717, 1.165) is 36.8 Å². The zero-order chi connectivity index (χ0) is 29.4. The van der Waals surface area contributed by atoms with Crippen LogP contribution in [0.25, 0.3) is 0 Å². The fourth-order valence-corrected chi connectivity index (χ4v) is 7.25. The van der Waals surface area contributed by atoms with E-state index in [-0.39, 0.29) is 35.6 Å². The fourth-order valence-electron chi connectivity index (χ4n) is 7.25. The zero-order valence-corrected chi connectivity index (χ0v) is 23.7. The topological polar surface area (TPSA) is 110 Å². The van der Waals surface area contributed by atoms with Crippen molar-refractivity contribution >= 4 is 17.6 Å². The summed E-state index contributed by atoms with van der Waals surface area (Å²) in [5.41, 5.74) is 1.14. The maximum Gasteiger partial charge on any atom is 0.263 e. The van der Waals surface area contributed by atoms with Crippen LogP contribution in [0.3, 0.4) is 0 Å². The molecule has 2 aromatic heterocycles. The van der Waals surface area contributed by atoms with E-state index in [1.54, 1.807) is 60.9 Å². The maximum absolute atomic E-state index is 14.9. The Balaban J connectivity index is 1.44. The monoisotopic (exact) mass is 560 g/mol. The van der Waals surface area contributed by atoms with Crippen LogP contribution in [-0.2, 0) is 15.1 Å². The van der Waals surface area contributed by atoms with Crippen LogP contribution >= 0.6 is 0 Å². The first-order valence-corrected chi connectivity index (χ1v) is 14.3. The molecule has 3 aliphatic rings. The number of benzene rings is 1. The summed E-state index contributed by atoms with van der Waals surface area (Å²) >= 11 is 0.